The van der Waals surface area contributed by atoms with Crippen molar-refractivity contribution in [2.24, 2.45) is 11.3 Å². The molecule has 1 N–H and O–H groups in total. The number of hydrogen-bond acceptors (Lipinski definition) is 2. The summed E-state index contributed by atoms with van der Waals surface area (Å²) >= 11 is 0. The van der Waals surface area contributed by atoms with Gasteiger partial charge in [0.25, 0.3) is 0 Å². The summed E-state index contributed by atoms with van der Waals surface area (Å²) < 4.78 is 0. The minimum Gasteiger partial charge on any atom is -0.312 e. The van der Waals surface area contributed by atoms with Crippen LogP contribution in [0.15, 0.2) is 0 Å². The molecule has 0 bridgehead atoms. The Balaban J connectivity index is 1.70. The van der Waals surface area contributed by atoms with E-state index in [9.17, 15) is 0 Å². The van der Waals surface area contributed by atoms with Gasteiger partial charge in [0.15, 0.2) is 0 Å². The van der Waals surface area contributed by atoms with Crippen molar-refractivity contribution in [1.29, 1.82) is 0 Å². The normalized spacial score (nSPS) is 25.8. The van der Waals surface area contributed by atoms with Crippen molar-refractivity contribution < 1.29 is 0 Å². The first-order chi connectivity index (χ1) is 7.99. The van der Waals surface area contributed by atoms with Gasteiger partial charge in [-0.3, -0.25) is 0 Å². The van der Waals surface area contributed by atoms with Gasteiger partial charge in [-0.1, -0.05) is 27.7 Å². The Bertz CT molecular complexity index is 231. The Morgan fingerprint density at radius 1 is 1.12 bits per heavy atom. The monoisotopic (exact) mass is 238 g/mol. The molecule has 2 heteroatoms. The average molecular weight is 238 g/mol. The molecular weight excluding hydrogens is 208 g/mol. The lowest BCUT2D eigenvalue weighted by Crippen LogP contribution is -2.59. The van der Waals surface area contributed by atoms with Crippen LogP contribution in [0.2, 0.25) is 0 Å². The third-order valence-electron chi connectivity index (χ3n) is 4.36. The van der Waals surface area contributed by atoms with E-state index in [1.54, 1.807) is 0 Å². The fourth-order valence-electron chi connectivity index (χ4n) is 3.73. The van der Waals surface area contributed by atoms with E-state index in [1.807, 2.05) is 0 Å². The molecule has 0 radical (unpaired) electrons. The van der Waals surface area contributed by atoms with Crippen LogP contribution in [0.5, 0.6) is 0 Å². The first-order valence-corrected chi connectivity index (χ1v) is 7.47. The zero-order chi connectivity index (χ0) is 12.5. The molecule has 0 aromatic carbocycles. The van der Waals surface area contributed by atoms with Gasteiger partial charge in [-0.2, -0.15) is 0 Å². The van der Waals surface area contributed by atoms with Gasteiger partial charge in [0.05, 0.1) is 0 Å². The van der Waals surface area contributed by atoms with E-state index in [4.69, 9.17) is 0 Å². The van der Waals surface area contributed by atoms with Gasteiger partial charge >= 0.3 is 0 Å². The van der Waals surface area contributed by atoms with Crippen LogP contribution >= 0.6 is 0 Å². The van der Waals surface area contributed by atoms with Gasteiger partial charge in [-0.15, -0.1) is 0 Å². The molecule has 0 atom stereocenters. The summed E-state index contributed by atoms with van der Waals surface area (Å²) in [5.74, 6) is 0.825. The molecule has 1 heterocycles. The van der Waals surface area contributed by atoms with Crippen LogP contribution in [0.4, 0.5) is 0 Å². The molecule has 2 rings (SSSR count). The predicted octanol–water partition coefficient (Wildman–Crippen LogP) is 2.89. The highest BCUT2D eigenvalue weighted by Gasteiger charge is 2.44. The maximum Gasteiger partial charge on any atom is 0.00698 e. The van der Waals surface area contributed by atoms with E-state index in [0.29, 0.717) is 11.5 Å². The predicted molar refractivity (Wildman–Crippen MR) is 74.2 cm³/mol. The van der Waals surface area contributed by atoms with Crippen molar-refractivity contribution >= 4 is 0 Å². The van der Waals surface area contributed by atoms with E-state index in [0.717, 1.165) is 12.0 Å². The van der Waals surface area contributed by atoms with Crippen LogP contribution in [0.25, 0.3) is 0 Å². The topological polar surface area (TPSA) is 15.3 Å². The summed E-state index contributed by atoms with van der Waals surface area (Å²) in [6.45, 7) is 13.2. The quantitative estimate of drug-likeness (QED) is 0.810. The average Bonchev–Trinajstić information content (AvgIpc) is 2.17. The molecule has 1 aliphatic heterocycles. The van der Waals surface area contributed by atoms with Crippen LogP contribution in [0, 0.1) is 11.3 Å². The molecule has 1 spiro atoms. The number of likely N-dealkylation sites (tertiary alicyclic amines) is 1. The van der Waals surface area contributed by atoms with Gasteiger partial charge < -0.3 is 10.2 Å². The van der Waals surface area contributed by atoms with Crippen LogP contribution in [0.1, 0.15) is 53.4 Å². The lowest BCUT2D eigenvalue weighted by Gasteiger charge is -2.54. The Kier molecular flexibility index (Phi) is 4.14. The van der Waals surface area contributed by atoms with Crippen molar-refractivity contribution in [1.82, 2.24) is 10.2 Å². The number of rotatable bonds is 4. The second-order valence-corrected chi connectivity index (χ2v) is 7.16. The summed E-state index contributed by atoms with van der Waals surface area (Å²) in [6, 6.07) is 1.44. The van der Waals surface area contributed by atoms with Gasteiger partial charge in [-0.05, 0) is 37.0 Å². The maximum absolute atomic E-state index is 3.70. The van der Waals surface area contributed by atoms with Crippen molar-refractivity contribution in [3.8, 4) is 0 Å². The molecular formula is C15H30N2. The summed E-state index contributed by atoms with van der Waals surface area (Å²) in [6.07, 6.45) is 5.69. The summed E-state index contributed by atoms with van der Waals surface area (Å²) in [7, 11) is 0. The number of hydrogen-bond donors (Lipinski definition) is 1. The fraction of sp³-hybridized carbons (Fsp3) is 1.00. The molecule has 100 valence electrons. The second kappa shape index (κ2) is 5.27. The second-order valence-electron chi connectivity index (χ2n) is 7.16. The zero-order valence-corrected chi connectivity index (χ0v) is 12.1. The van der Waals surface area contributed by atoms with Crippen molar-refractivity contribution in [2.45, 2.75) is 65.5 Å². The smallest absolute Gasteiger partial charge is 0.00698 e. The van der Waals surface area contributed by atoms with Gasteiger partial charge in [0.2, 0.25) is 0 Å². The standard InChI is InChI=1S/C15H30N2/c1-12(2)9-17-10-15(11-17)7-5-14(6-8-15)16-13(3)4/h12-14,16H,5-11H2,1-4H3. The SMILES string of the molecule is CC(C)CN1CC2(CCC(NC(C)C)CC2)C1. The van der Waals surface area contributed by atoms with Crippen LogP contribution in [-0.2, 0) is 0 Å². The van der Waals surface area contributed by atoms with E-state index in [2.05, 4.69) is 37.9 Å². The molecule has 0 aromatic rings. The van der Waals surface area contributed by atoms with Crippen LogP contribution in [0.3, 0.4) is 0 Å². The Morgan fingerprint density at radius 3 is 2.18 bits per heavy atom. The third kappa shape index (κ3) is 3.45. The molecule has 0 unspecified atom stereocenters. The lowest BCUT2D eigenvalue weighted by molar-refractivity contribution is -0.0394. The molecule has 2 nitrogen and oxygen atoms in total. The molecule has 0 aromatic heterocycles. The molecule has 1 saturated heterocycles. The molecule has 1 saturated carbocycles. The van der Waals surface area contributed by atoms with E-state index < -0.39 is 0 Å². The first-order valence-electron chi connectivity index (χ1n) is 7.47. The summed E-state index contributed by atoms with van der Waals surface area (Å²) in [5, 5.41) is 3.70. The molecule has 2 fully saturated rings. The van der Waals surface area contributed by atoms with Gasteiger partial charge in [0.1, 0.15) is 0 Å². The number of nitrogens with one attached hydrogen (secondary N) is 1. The zero-order valence-electron chi connectivity index (χ0n) is 12.1. The molecule has 0 amide bonds. The van der Waals surface area contributed by atoms with E-state index in [-0.39, 0.29) is 0 Å². The third-order valence-corrected chi connectivity index (χ3v) is 4.36. The van der Waals surface area contributed by atoms with Gasteiger partial charge in [0, 0.05) is 31.7 Å². The van der Waals surface area contributed by atoms with Gasteiger partial charge in [-0.25, -0.2) is 0 Å². The largest absolute Gasteiger partial charge is 0.312 e. The lowest BCUT2D eigenvalue weighted by atomic mass is 9.67. The minimum atomic E-state index is 0.646. The van der Waals surface area contributed by atoms with E-state index >= 15 is 0 Å². The number of nitrogens with zero attached hydrogens (tertiary/aromatic N) is 1. The maximum atomic E-state index is 3.70. The highest BCUT2D eigenvalue weighted by molar-refractivity contribution is 4.99. The summed E-state index contributed by atoms with van der Waals surface area (Å²) in [5.41, 5.74) is 0.712. The summed E-state index contributed by atoms with van der Waals surface area (Å²) in [4.78, 5) is 2.65. The van der Waals surface area contributed by atoms with Crippen molar-refractivity contribution in [2.75, 3.05) is 19.6 Å². The van der Waals surface area contributed by atoms with Crippen LogP contribution < -0.4 is 5.32 Å². The molecule has 2 aliphatic rings. The Hall–Kier alpha value is -0.0800. The first kappa shape index (κ1) is 13.4. The highest BCUT2D eigenvalue weighted by Crippen LogP contribution is 2.44. The minimum absolute atomic E-state index is 0.646. The molecule has 17 heavy (non-hydrogen) atoms. The Morgan fingerprint density at radius 2 is 1.71 bits per heavy atom. The fourth-order valence-corrected chi connectivity index (χ4v) is 3.73. The van der Waals surface area contributed by atoms with Crippen LogP contribution in [-0.4, -0.2) is 36.6 Å². The Labute approximate surface area is 107 Å². The highest BCUT2D eigenvalue weighted by atomic mass is 15.2. The van der Waals surface area contributed by atoms with Crippen molar-refractivity contribution in [3.63, 3.8) is 0 Å². The molecule has 1 aliphatic carbocycles. The van der Waals surface area contributed by atoms with E-state index in [1.165, 1.54) is 45.3 Å². The van der Waals surface area contributed by atoms with Crippen molar-refractivity contribution in [3.05, 3.63) is 0 Å².